The van der Waals surface area contributed by atoms with E-state index >= 15 is 0 Å². The fourth-order valence-electron chi connectivity index (χ4n) is 2.36. The topological polar surface area (TPSA) is 75.6 Å². The van der Waals surface area contributed by atoms with E-state index in [1.807, 2.05) is 42.5 Å². The first-order chi connectivity index (χ1) is 12.0. The first-order valence-electron chi connectivity index (χ1n) is 8.28. The van der Waals surface area contributed by atoms with Gasteiger partial charge >= 0.3 is 5.97 Å². The van der Waals surface area contributed by atoms with Crippen LogP contribution >= 0.6 is 0 Å². The zero-order chi connectivity index (χ0) is 18.1. The molecule has 132 valence electrons. The van der Waals surface area contributed by atoms with Crippen molar-refractivity contribution in [2.45, 2.75) is 19.8 Å². The van der Waals surface area contributed by atoms with Crippen molar-refractivity contribution in [3.05, 3.63) is 65.7 Å². The number of carbonyl (C=O) groups is 2. The van der Waals surface area contributed by atoms with E-state index in [1.54, 1.807) is 19.1 Å². The lowest BCUT2D eigenvalue weighted by Crippen LogP contribution is -2.19. The quantitative estimate of drug-likeness (QED) is 0.687. The molecule has 0 aromatic heterocycles. The Morgan fingerprint density at radius 2 is 1.72 bits per heavy atom. The van der Waals surface area contributed by atoms with E-state index in [9.17, 15) is 9.59 Å². The Morgan fingerprint density at radius 3 is 2.36 bits per heavy atom. The molecule has 0 saturated carbocycles. The van der Waals surface area contributed by atoms with Gasteiger partial charge in [-0.3, -0.25) is 9.59 Å². The molecule has 0 aliphatic heterocycles. The summed E-state index contributed by atoms with van der Waals surface area (Å²) in [4.78, 5) is 22.7. The summed E-state index contributed by atoms with van der Waals surface area (Å²) in [6.45, 7) is 2.17. The maximum Gasteiger partial charge on any atom is 0.306 e. The van der Waals surface area contributed by atoms with Crippen LogP contribution in [-0.4, -0.2) is 30.2 Å². The molecule has 0 aliphatic carbocycles. The molecule has 0 radical (unpaired) electrons. The van der Waals surface area contributed by atoms with Crippen molar-refractivity contribution >= 4 is 17.6 Å². The average Bonchev–Trinajstić information content (AvgIpc) is 2.61. The second-order valence-electron chi connectivity index (χ2n) is 5.98. The van der Waals surface area contributed by atoms with Crippen LogP contribution < -0.4 is 5.32 Å². The van der Waals surface area contributed by atoms with E-state index in [0.717, 1.165) is 12.0 Å². The van der Waals surface area contributed by atoms with Crippen molar-refractivity contribution in [1.29, 1.82) is 0 Å². The summed E-state index contributed by atoms with van der Waals surface area (Å²) in [6, 6.07) is 17.2. The van der Waals surface area contributed by atoms with Gasteiger partial charge in [0.2, 0.25) is 5.91 Å². The van der Waals surface area contributed by atoms with Gasteiger partial charge in [0, 0.05) is 5.69 Å². The van der Waals surface area contributed by atoms with Gasteiger partial charge in [0.05, 0.1) is 12.5 Å². The van der Waals surface area contributed by atoms with E-state index in [0.29, 0.717) is 18.7 Å². The highest BCUT2D eigenvalue weighted by atomic mass is 16.5. The van der Waals surface area contributed by atoms with Crippen molar-refractivity contribution in [3.8, 4) is 0 Å². The summed E-state index contributed by atoms with van der Waals surface area (Å²) in [5, 5.41) is 11.7. The van der Waals surface area contributed by atoms with Gasteiger partial charge in [-0.2, -0.15) is 0 Å². The molecule has 0 heterocycles. The summed E-state index contributed by atoms with van der Waals surface area (Å²) < 4.78 is 5.40. The summed E-state index contributed by atoms with van der Waals surface area (Å²) in [5.41, 5.74) is 2.77. The minimum absolute atomic E-state index is 0.00460. The van der Waals surface area contributed by atoms with E-state index < -0.39 is 11.9 Å². The molecule has 2 aromatic carbocycles. The van der Waals surface area contributed by atoms with Crippen molar-refractivity contribution < 1.29 is 19.4 Å². The van der Waals surface area contributed by atoms with Gasteiger partial charge in [-0.05, 0) is 36.1 Å². The number of carbonyl (C=O) groups excluding carboxylic acids is 1. The molecule has 0 bridgehead atoms. The second-order valence-corrected chi connectivity index (χ2v) is 5.98. The third-order valence-corrected chi connectivity index (χ3v) is 3.81. The van der Waals surface area contributed by atoms with Crippen LogP contribution in [0.4, 0.5) is 5.69 Å². The predicted molar refractivity (Wildman–Crippen MR) is 96.5 cm³/mol. The van der Waals surface area contributed by atoms with Gasteiger partial charge in [-0.25, -0.2) is 0 Å². The number of benzene rings is 2. The highest BCUT2D eigenvalue weighted by Gasteiger charge is 2.11. The van der Waals surface area contributed by atoms with Crippen LogP contribution in [-0.2, 0) is 27.2 Å². The predicted octanol–water partition coefficient (Wildman–Crippen LogP) is 3.15. The van der Waals surface area contributed by atoms with E-state index in [1.165, 1.54) is 5.56 Å². The molecule has 2 rings (SSSR count). The zero-order valence-corrected chi connectivity index (χ0v) is 14.3. The normalized spacial score (nSPS) is 11.7. The molecular weight excluding hydrogens is 318 g/mol. The number of carboxylic acids is 1. The molecule has 0 saturated heterocycles. The Balaban J connectivity index is 1.70. The molecule has 0 fully saturated rings. The van der Waals surface area contributed by atoms with Crippen LogP contribution in [0.2, 0.25) is 0 Å². The Bertz CT molecular complexity index is 683. The Hall–Kier alpha value is -2.66. The van der Waals surface area contributed by atoms with E-state index in [-0.39, 0.29) is 12.5 Å². The monoisotopic (exact) mass is 341 g/mol. The fourth-order valence-corrected chi connectivity index (χ4v) is 2.36. The molecule has 0 spiro atoms. The molecule has 25 heavy (non-hydrogen) atoms. The van der Waals surface area contributed by atoms with Crippen LogP contribution in [0.1, 0.15) is 18.1 Å². The van der Waals surface area contributed by atoms with E-state index in [4.69, 9.17) is 9.84 Å². The summed E-state index contributed by atoms with van der Waals surface area (Å²) in [7, 11) is 0. The smallest absolute Gasteiger partial charge is 0.306 e. The minimum Gasteiger partial charge on any atom is -0.481 e. The first-order valence-corrected chi connectivity index (χ1v) is 8.28. The van der Waals surface area contributed by atoms with Gasteiger partial charge in [0.25, 0.3) is 0 Å². The number of aliphatic carboxylic acids is 1. The largest absolute Gasteiger partial charge is 0.481 e. The summed E-state index contributed by atoms with van der Waals surface area (Å²) in [6.07, 6.45) is 1.23. The third kappa shape index (κ3) is 6.77. The summed E-state index contributed by atoms with van der Waals surface area (Å²) >= 11 is 0. The second kappa shape index (κ2) is 9.59. The van der Waals surface area contributed by atoms with Gasteiger partial charge in [-0.1, -0.05) is 49.4 Å². The van der Waals surface area contributed by atoms with Crippen LogP contribution in [0.15, 0.2) is 54.6 Å². The maximum atomic E-state index is 11.9. The third-order valence-electron chi connectivity index (χ3n) is 3.81. The highest BCUT2D eigenvalue weighted by Crippen LogP contribution is 2.13. The van der Waals surface area contributed by atoms with Crippen molar-refractivity contribution in [1.82, 2.24) is 0 Å². The SMILES string of the molecule is CC(Cc1ccc(NC(=O)COCCc2ccccc2)cc1)C(=O)O. The number of ether oxygens (including phenoxy) is 1. The van der Waals surface area contributed by atoms with Crippen molar-refractivity contribution in [3.63, 3.8) is 0 Å². The molecular formula is C20H23NO4. The number of rotatable bonds is 9. The van der Waals surface area contributed by atoms with Gasteiger partial charge in [-0.15, -0.1) is 0 Å². The fraction of sp³-hybridized carbons (Fsp3) is 0.300. The molecule has 1 unspecified atom stereocenters. The van der Waals surface area contributed by atoms with Crippen LogP contribution in [0.25, 0.3) is 0 Å². The number of amides is 1. The molecule has 5 heteroatoms. The highest BCUT2D eigenvalue weighted by molar-refractivity contribution is 5.91. The lowest BCUT2D eigenvalue weighted by Gasteiger charge is -2.09. The van der Waals surface area contributed by atoms with Gasteiger partial charge in [0.1, 0.15) is 6.61 Å². The minimum atomic E-state index is -0.815. The first kappa shape index (κ1) is 18.7. The molecule has 1 amide bonds. The lowest BCUT2D eigenvalue weighted by molar-refractivity contribution is -0.141. The number of anilines is 1. The number of hydrogen-bond acceptors (Lipinski definition) is 3. The Kier molecular flexibility index (Phi) is 7.16. The van der Waals surface area contributed by atoms with Gasteiger partial charge in [0.15, 0.2) is 0 Å². The maximum absolute atomic E-state index is 11.9. The standard InChI is InChI=1S/C20H23NO4/c1-15(20(23)24)13-17-7-9-18(10-8-17)21-19(22)14-25-12-11-16-5-3-2-4-6-16/h2-10,15H,11-14H2,1H3,(H,21,22)(H,23,24). The summed E-state index contributed by atoms with van der Waals surface area (Å²) in [5.74, 6) is -1.46. The zero-order valence-electron chi connectivity index (χ0n) is 14.3. The number of carboxylic acid groups (broad SMARTS) is 1. The molecule has 2 aromatic rings. The van der Waals surface area contributed by atoms with Crippen LogP contribution in [0.3, 0.4) is 0 Å². The molecule has 0 aliphatic rings. The molecule has 5 nitrogen and oxygen atoms in total. The van der Waals surface area contributed by atoms with Crippen LogP contribution in [0, 0.1) is 5.92 Å². The number of nitrogens with one attached hydrogen (secondary N) is 1. The molecule has 1 atom stereocenters. The van der Waals surface area contributed by atoms with Crippen molar-refractivity contribution in [2.24, 2.45) is 5.92 Å². The number of hydrogen-bond donors (Lipinski definition) is 2. The lowest BCUT2D eigenvalue weighted by atomic mass is 10.0. The van der Waals surface area contributed by atoms with Crippen LogP contribution in [0.5, 0.6) is 0 Å². The van der Waals surface area contributed by atoms with Gasteiger partial charge < -0.3 is 15.2 Å². The Labute approximate surface area is 147 Å². The van der Waals surface area contributed by atoms with E-state index in [2.05, 4.69) is 5.32 Å². The average molecular weight is 341 g/mol. The van der Waals surface area contributed by atoms with Crippen molar-refractivity contribution in [2.75, 3.05) is 18.5 Å². The Morgan fingerprint density at radius 1 is 1.04 bits per heavy atom. The molecule has 2 N–H and O–H groups in total.